The highest BCUT2D eigenvalue weighted by Gasteiger charge is 2.10. The molecule has 3 aromatic carbocycles. The zero-order valence-electron chi connectivity index (χ0n) is 13.9. The molecule has 0 bridgehead atoms. The van der Waals surface area contributed by atoms with E-state index in [1.807, 2.05) is 12.1 Å². The number of ether oxygens (including phenoxy) is 1. The monoisotopic (exact) mass is 313 g/mol. The van der Waals surface area contributed by atoms with Crippen molar-refractivity contribution in [1.82, 2.24) is 4.98 Å². The molecule has 0 N–H and O–H groups in total. The molecule has 1 aromatic heterocycles. The van der Waals surface area contributed by atoms with Crippen LogP contribution in [0, 0.1) is 0 Å². The molecule has 0 saturated carbocycles. The van der Waals surface area contributed by atoms with Crippen molar-refractivity contribution in [2.45, 2.75) is 13.3 Å². The molecule has 0 saturated heterocycles. The van der Waals surface area contributed by atoms with Gasteiger partial charge in [0, 0.05) is 10.9 Å². The van der Waals surface area contributed by atoms with Crippen LogP contribution in [0.5, 0.6) is 5.75 Å². The maximum Gasteiger partial charge on any atom is 0.118 e. The molecular formula is C22H19NO. The molecule has 0 radical (unpaired) electrons. The third-order valence-electron chi connectivity index (χ3n) is 4.55. The summed E-state index contributed by atoms with van der Waals surface area (Å²) in [5, 5.41) is 3.81. The quantitative estimate of drug-likeness (QED) is 0.458. The van der Waals surface area contributed by atoms with Crippen LogP contribution >= 0.6 is 0 Å². The number of aromatic nitrogens is 1. The van der Waals surface area contributed by atoms with Crippen LogP contribution < -0.4 is 4.74 Å². The fourth-order valence-corrected chi connectivity index (χ4v) is 3.28. The van der Waals surface area contributed by atoms with Gasteiger partial charge in [0.2, 0.25) is 0 Å². The third-order valence-corrected chi connectivity index (χ3v) is 4.55. The van der Waals surface area contributed by atoms with Crippen molar-refractivity contribution < 1.29 is 4.74 Å². The molecule has 4 aromatic rings. The summed E-state index contributed by atoms with van der Waals surface area (Å²) in [5.41, 5.74) is 4.51. The largest absolute Gasteiger partial charge is 0.497 e. The standard InChI is InChI=1S/C22H19NO/c1-3-15-14-21(17-8-11-18(24-2)12-9-17)23-20-13-10-16-6-4-5-7-19(16)22(15)20/h4-14H,3H2,1-2H3. The van der Waals surface area contributed by atoms with Gasteiger partial charge in [0.1, 0.15) is 5.75 Å². The number of nitrogens with zero attached hydrogens (tertiary/aromatic N) is 1. The minimum absolute atomic E-state index is 0.862. The maximum atomic E-state index is 5.25. The minimum Gasteiger partial charge on any atom is -0.497 e. The van der Waals surface area contributed by atoms with Crippen molar-refractivity contribution in [1.29, 1.82) is 0 Å². The molecule has 118 valence electrons. The molecule has 0 aliphatic carbocycles. The summed E-state index contributed by atoms with van der Waals surface area (Å²) in [6.07, 6.45) is 0.982. The molecule has 0 fully saturated rings. The molecule has 2 heteroatoms. The van der Waals surface area contributed by atoms with E-state index in [0.29, 0.717) is 0 Å². The summed E-state index contributed by atoms with van der Waals surface area (Å²) in [5.74, 6) is 0.862. The average molecular weight is 313 g/mol. The number of benzene rings is 3. The Morgan fingerprint density at radius 3 is 2.46 bits per heavy atom. The lowest BCUT2D eigenvalue weighted by Gasteiger charge is -2.11. The van der Waals surface area contributed by atoms with Crippen molar-refractivity contribution in [3.8, 4) is 17.0 Å². The Hall–Kier alpha value is -2.87. The second-order valence-corrected chi connectivity index (χ2v) is 5.93. The summed E-state index contributed by atoms with van der Waals surface area (Å²) < 4.78 is 5.25. The first-order valence-electron chi connectivity index (χ1n) is 8.26. The van der Waals surface area contributed by atoms with E-state index in [4.69, 9.17) is 9.72 Å². The van der Waals surface area contributed by atoms with Crippen molar-refractivity contribution in [2.24, 2.45) is 0 Å². The van der Waals surface area contributed by atoms with Gasteiger partial charge in [-0.2, -0.15) is 0 Å². The van der Waals surface area contributed by atoms with Gasteiger partial charge in [-0.3, -0.25) is 0 Å². The Morgan fingerprint density at radius 2 is 1.71 bits per heavy atom. The third kappa shape index (κ3) is 2.41. The average Bonchev–Trinajstić information content (AvgIpc) is 2.67. The van der Waals surface area contributed by atoms with Crippen molar-refractivity contribution >= 4 is 21.7 Å². The van der Waals surface area contributed by atoms with Gasteiger partial charge in [-0.25, -0.2) is 4.98 Å². The number of hydrogen-bond acceptors (Lipinski definition) is 2. The number of pyridine rings is 1. The summed E-state index contributed by atoms with van der Waals surface area (Å²) >= 11 is 0. The fraction of sp³-hybridized carbons (Fsp3) is 0.136. The van der Waals surface area contributed by atoms with Gasteiger partial charge in [-0.15, -0.1) is 0 Å². The highest BCUT2D eigenvalue weighted by atomic mass is 16.5. The second-order valence-electron chi connectivity index (χ2n) is 5.93. The van der Waals surface area contributed by atoms with Crippen LogP contribution in [0.15, 0.2) is 66.7 Å². The zero-order valence-corrected chi connectivity index (χ0v) is 13.9. The predicted octanol–water partition coefficient (Wildman–Crippen LogP) is 5.63. The second kappa shape index (κ2) is 5.97. The van der Waals surface area contributed by atoms with Crippen molar-refractivity contribution in [3.63, 3.8) is 0 Å². The molecule has 0 aliphatic heterocycles. The van der Waals surface area contributed by atoms with Gasteiger partial charge in [0.05, 0.1) is 18.3 Å². The van der Waals surface area contributed by atoms with Crippen LogP contribution in [0.4, 0.5) is 0 Å². The van der Waals surface area contributed by atoms with Gasteiger partial charge < -0.3 is 4.74 Å². The normalized spacial score (nSPS) is 11.1. The smallest absolute Gasteiger partial charge is 0.118 e. The highest BCUT2D eigenvalue weighted by molar-refractivity contribution is 6.08. The van der Waals surface area contributed by atoms with Crippen LogP contribution in [0.1, 0.15) is 12.5 Å². The lowest BCUT2D eigenvalue weighted by atomic mass is 9.97. The molecule has 4 rings (SSSR count). The molecular weight excluding hydrogens is 294 g/mol. The van der Waals surface area contributed by atoms with Gasteiger partial charge in [-0.05, 0) is 59.2 Å². The first-order chi connectivity index (χ1) is 11.8. The lowest BCUT2D eigenvalue weighted by Crippen LogP contribution is -1.93. The van der Waals surface area contributed by atoms with E-state index < -0.39 is 0 Å². The van der Waals surface area contributed by atoms with Gasteiger partial charge in [-0.1, -0.05) is 37.3 Å². The van der Waals surface area contributed by atoms with Crippen molar-refractivity contribution in [3.05, 3.63) is 72.3 Å². The molecule has 0 amide bonds. The van der Waals surface area contributed by atoms with E-state index in [2.05, 4.69) is 61.5 Å². The Balaban J connectivity index is 1.97. The van der Waals surface area contributed by atoms with Crippen LogP contribution in [-0.4, -0.2) is 12.1 Å². The maximum absolute atomic E-state index is 5.25. The van der Waals surface area contributed by atoms with Gasteiger partial charge >= 0.3 is 0 Å². The summed E-state index contributed by atoms with van der Waals surface area (Å²) in [7, 11) is 1.68. The first kappa shape index (κ1) is 14.7. The Kier molecular flexibility index (Phi) is 3.66. The molecule has 24 heavy (non-hydrogen) atoms. The van der Waals surface area contributed by atoms with Crippen LogP contribution in [0.2, 0.25) is 0 Å². The Bertz CT molecular complexity index is 1020. The van der Waals surface area contributed by atoms with Gasteiger partial charge in [0.25, 0.3) is 0 Å². The zero-order chi connectivity index (χ0) is 16.5. The van der Waals surface area contributed by atoms with E-state index >= 15 is 0 Å². The summed E-state index contributed by atoms with van der Waals surface area (Å²) in [4.78, 5) is 4.92. The number of hydrogen-bond donors (Lipinski definition) is 0. The molecule has 0 unspecified atom stereocenters. The summed E-state index contributed by atoms with van der Waals surface area (Å²) in [6, 6.07) is 23.1. The molecule has 0 aliphatic rings. The van der Waals surface area contributed by atoms with Crippen LogP contribution in [-0.2, 0) is 6.42 Å². The predicted molar refractivity (Wildman–Crippen MR) is 101 cm³/mol. The molecule has 1 heterocycles. The highest BCUT2D eigenvalue weighted by Crippen LogP contribution is 2.31. The Morgan fingerprint density at radius 1 is 0.917 bits per heavy atom. The van der Waals surface area contributed by atoms with Crippen LogP contribution in [0.25, 0.3) is 32.9 Å². The van der Waals surface area contributed by atoms with E-state index in [9.17, 15) is 0 Å². The van der Waals surface area contributed by atoms with Crippen LogP contribution in [0.3, 0.4) is 0 Å². The van der Waals surface area contributed by atoms with Crippen molar-refractivity contribution in [2.75, 3.05) is 7.11 Å². The number of rotatable bonds is 3. The molecule has 2 nitrogen and oxygen atoms in total. The number of methoxy groups -OCH3 is 1. The van der Waals surface area contributed by atoms with Gasteiger partial charge in [0.15, 0.2) is 0 Å². The minimum atomic E-state index is 0.862. The Labute approximate surface area is 141 Å². The van der Waals surface area contributed by atoms with E-state index in [-0.39, 0.29) is 0 Å². The number of fused-ring (bicyclic) bond motifs is 3. The first-order valence-corrected chi connectivity index (χ1v) is 8.26. The SMILES string of the molecule is CCc1cc(-c2ccc(OC)cc2)nc2ccc3ccccc3c12. The lowest BCUT2D eigenvalue weighted by molar-refractivity contribution is 0.415. The number of aryl methyl sites for hydroxylation is 1. The topological polar surface area (TPSA) is 22.1 Å². The molecule has 0 spiro atoms. The fourth-order valence-electron chi connectivity index (χ4n) is 3.28. The van der Waals surface area contributed by atoms with E-state index in [0.717, 1.165) is 28.9 Å². The molecule has 0 atom stereocenters. The summed E-state index contributed by atoms with van der Waals surface area (Å²) in [6.45, 7) is 2.20. The van der Waals surface area contributed by atoms with E-state index in [1.165, 1.54) is 21.7 Å². The van der Waals surface area contributed by atoms with E-state index in [1.54, 1.807) is 7.11 Å².